The molecule has 0 fully saturated rings. The molecule has 8 aromatic rings. The molecule has 7 aromatic carbocycles. The van der Waals surface area contributed by atoms with Crippen molar-refractivity contribution in [1.82, 2.24) is 9.55 Å². The summed E-state index contributed by atoms with van der Waals surface area (Å²) in [6, 6.07) is 43.8. The molecular weight excluding hydrogens is 551 g/mol. The predicted molar refractivity (Wildman–Crippen MR) is 199 cm³/mol. The zero-order valence-electron chi connectivity index (χ0n) is 24.9. The van der Waals surface area contributed by atoms with Gasteiger partial charge in [0.2, 0.25) is 0 Å². The largest absolute Gasteiger partial charge is 0.291 e. The summed E-state index contributed by atoms with van der Waals surface area (Å²) in [6.45, 7) is 0. The Labute approximate surface area is 274 Å². The van der Waals surface area contributed by atoms with Crippen LogP contribution in [0.1, 0.15) is 0 Å². The molecule has 0 saturated heterocycles. The lowest BCUT2D eigenvalue weighted by Gasteiger charge is -2.23. The molecule has 0 saturated carbocycles. The van der Waals surface area contributed by atoms with Gasteiger partial charge in [-0.15, -0.1) is 16.4 Å². The standard InChI is InChI=1S/C39H21B5N2/c40-33-32(34(41)36(43)37(44)35(33)42)24-19-20-27-28(21-24)31(22-11-3-1-4-12-22)25-15-7-8-16-26(25)38(27)46-30-18-10-9-17-29(30)45-39(46)23-13-5-2-6-14-23/h1-21H. The van der Waals surface area contributed by atoms with Crippen LogP contribution in [0.25, 0.3) is 71.9 Å². The first-order valence-electron chi connectivity index (χ1n) is 15.0. The van der Waals surface area contributed by atoms with Crippen LogP contribution < -0.4 is 27.3 Å². The molecule has 0 bridgehead atoms. The average Bonchev–Trinajstić information content (AvgIpc) is 3.49. The molecule has 0 aliphatic heterocycles. The molecule has 202 valence electrons. The van der Waals surface area contributed by atoms with Gasteiger partial charge in [0, 0.05) is 16.3 Å². The molecule has 1 heterocycles. The van der Waals surface area contributed by atoms with Crippen LogP contribution in [0, 0.1) is 0 Å². The number of fused-ring (bicyclic) bond motifs is 3. The van der Waals surface area contributed by atoms with Crippen LogP contribution >= 0.6 is 0 Å². The quantitative estimate of drug-likeness (QED) is 0.228. The van der Waals surface area contributed by atoms with Crippen LogP contribution in [0.3, 0.4) is 0 Å². The minimum Gasteiger partial charge on any atom is -0.291 e. The van der Waals surface area contributed by atoms with Crippen molar-refractivity contribution < 1.29 is 0 Å². The highest BCUT2D eigenvalue weighted by molar-refractivity contribution is 6.68. The molecule has 1 aromatic heterocycles. The normalized spacial score (nSPS) is 11.5. The van der Waals surface area contributed by atoms with E-state index in [0.717, 1.165) is 66.3 Å². The van der Waals surface area contributed by atoms with E-state index >= 15 is 0 Å². The third-order valence-corrected chi connectivity index (χ3v) is 8.86. The first-order valence-corrected chi connectivity index (χ1v) is 15.0. The van der Waals surface area contributed by atoms with E-state index in [1.54, 1.807) is 0 Å². The van der Waals surface area contributed by atoms with Gasteiger partial charge < -0.3 is 0 Å². The monoisotopic (exact) mass is 572 g/mol. The lowest BCUT2D eigenvalue weighted by Crippen LogP contribution is -2.55. The van der Waals surface area contributed by atoms with E-state index in [0.29, 0.717) is 16.5 Å². The van der Waals surface area contributed by atoms with E-state index in [9.17, 15) is 0 Å². The van der Waals surface area contributed by atoms with Gasteiger partial charge in [0.1, 0.15) is 45.1 Å². The number of para-hydroxylation sites is 2. The Kier molecular flexibility index (Phi) is 6.80. The van der Waals surface area contributed by atoms with Crippen molar-refractivity contribution >= 4 is 99.1 Å². The number of rotatable bonds is 4. The van der Waals surface area contributed by atoms with Crippen molar-refractivity contribution in [3.8, 4) is 39.3 Å². The number of hydrogen-bond donors (Lipinski definition) is 0. The van der Waals surface area contributed by atoms with E-state index in [1.807, 2.05) is 36.4 Å². The van der Waals surface area contributed by atoms with Crippen LogP contribution in [-0.4, -0.2) is 48.8 Å². The van der Waals surface area contributed by atoms with Crippen molar-refractivity contribution in [3.05, 3.63) is 127 Å². The van der Waals surface area contributed by atoms with Gasteiger partial charge in [-0.2, -0.15) is 0 Å². The van der Waals surface area contributed by atoms with Crippen molar-refractivity contribution in [1.29, 1.82) is 0 Å². The van der Waals surface area contributed by atoms with Crippen molar-refractivity contribution in [2.24, 2.45) is 0 Å². The van der Waals surface area contributed by atoms with Crippen LogP contribution in [-0.2, 0) is 0 Å². The minimum atomic E-state index is 0.193. The Morgan fingerprint density at radius 3 is 1.65 bits per heavy atom. The average molecular weight is 572 g/mol. The van der Waals surface area contributed by atoms with E-state index < -0.39 is 0 Å². The molecule has 0 spiro atoms. The molecule has 8 rings (SSSR count). The summed E-state index contributed by atoms with van der Waals surface area (Å²) in [4.78, 5) is 5.16. The molecular formula is C39H21B5N2. The lowest BCUT2D eigenvalue weighted by atomic mass is 9.59. The number of imidazole rings is 1. The van der Waals surface area contributed by atoms with Gasteiger partial charge in [-0.3, -0.25) is 4.57 Å². The van der Waals surface area contributed by atoms with Gasteiger partial charge in [-0.1, -0.05) is 120 Å². The Balaban J connectivity index is 1.57. The lowest BCUT2D eigenvalue weighted by molar-refractivity contribution is 1.13. The maximum atomic E-state index is 6.57. The minimum absolute atomic E-state index is 0.193. The molecule has 0 aliphatic rings. The summed E-state index contributed by atoms with van der Waals surface area (Å²) < 4.78 is 2.28. The molecule has 46 heavy (non-hydrogen) atoms. The molecule has 10 radical (unpaired) electrons. The summed E-state index contributed by atoms with van der Waals surface area (Å²) in [5.41, 5.74) is 8.76. The fraction of sp³-hybridized carbons (Fsp3) is 0. The SMILES string of the molecule is [B]c1c([B])c([B])c(-c2ccc3c(-n4c(-c5ccccc5)nc5ccccc54)c4ccccc4c(-c4ccccc4)c3c2)c([B])c1[B]. The van der Waals surface area contributed by atoms with Gasteiger partial charge >= 0.3 is 0 Å². The molecule has 2 nitrogen and oxygen atoms in total. The van der Waals surface area contributed by atoms with Crippen molar-refractivity contribution in [2.75, 3.05) is 0 Å². The number of hydrogen-bond acceptors (Lipinski definition) is 1. The fourth-order valence-electron chi connectivity index (χ4n) is 6.66. The van der Waals surface area contributed by atoms with Gasteiger partial charge in [-0.25, -0.2) is 4.98 Å². The van der Waals surface area contributed by atoms with E-state index in [2.05, 4.69) is 95.6 Å². The van der Waals surface area contributed by atoms with Crippen LogP contribution in [0.4, 0.5) is 0 Å². The highest BCUT2D eigenvalue weighted by Crippen LogP contribution is 2.44. The van der Waals surface area contributed by atoms with Crippen LogP contribution in [0.15, 0.2) is 127 Å². The van der Waals surface area contributed by atoms with E-state index in [1.165, 1.54) is 0 Å². The second kappa shape index (κ2) is 11.0. The van der Waals surface area contributed by atoms with E-state index in [4.69, 9.17) is 44.2 Å². The molecule has 0 unspecified atom stereocenters. The van der Waals surface area contributed by atoms with E-state index in [-0.39, 0.29) is 16.4 Å². The zero-order valence-corrected chi connectivity index (χ0v) is 24.9. The second-order valence-corrected chi connectivity index (χ2v) is 11.5. The Hall–Kier alpha value is -5.15. The predicted octanol–water partition coefficient (Wildman–Crippen LogP) is 4.30. The Bertz CT molecular complexity index is 2440. The Morgan fingerprint density at radius 2 is 0.957 bits per heavy atom. The second-order valence-electron chi connectivity index (χ2n) is 11.5. The molecule has 0 amide bonds. The summed E-state index contributed by atoms with van der Waals surface area (Å²) >= 11 is 0. The van der Waals surface area contributed by atoms with Gasteiger partial charge in [0.05, 0.1) is 16.7 Å². The van der Waals surface area contributed by atoms with Crippen LogP contribution in [0.5, 0.6) is 0 Å². The molecule has 7 heteroatoms. The highest BCUT2D eigenvalue weighted by atomic mass is 15.1. The first-order chi connectivity index (χ1) is 22.4. The Morgan fingerprint density at radius 1 is 0.413 bits per heavy atom. The summed E-state index contributed by atoms with van der Waals surface area (Å²) in [5, 5.41) is 4.25. The van der Waals surface area contributed by atoms with Crippen molar-refractivity contribution in [3.63, 3.8) is 0 Å². The first kappa shape index (κ1) is 28.3. The molecule has 0 aliphatic carbocycles. The zero-order chi connectivity index (χ0) is 31.5. The summed E-state index contributed by atoms with van der Waals surface area (Å²) in [7, 11) is 31.9. The number of nitrogens with zero attached hydrogens (tertiary/aromatic N) is 2. The van der Waals surface area contributed by atoms with Gasteiger partial charge in [-0.05, 0) is 51.2 Å². The summed E-state index contributed by atoms with van der Waals surface area (Å²) in [6.07, 6.45) is 0. The van der Waals surface area contributed by atoms with Gasteiger partial charge in [0.25, 0.3) is 0 Å². The number of aromatic nitrogens is 2. The summed E-state index contributed by atoms with van der Waals surface area (Å²) in [5.74, 6) is 0.859. The third-order valence-electron chi connectivity index (χ3n) is 8.86. The smallest absolute Gasteiger partial charge is 0.145 e. The van der Waals surface area contributed by atoms with Gasteiger partial charge in [0.15, 0.2) is 0 Å². The maximum absolute atomic E-state index is 6.57. The van der Waals surface area contributed by atoms with Crippen LogP contribution in [0.2, 0.25) is 0 Å². The number of benzene rings is 7. The topological polar surface area (TPSA) is 17.8 Å². The third kappa shape index (κ3) is 4.30. The maximum Gasteiger partial charge on any atom is 0.145 e. The molecule has 0 N–H and O–H groups in total. The highest BCUT2D eigenvalue weighted by Gasteiger charge is 2.22. The molecule has 0 atom stereocenters. The fourth-order valence-corrected chi connectivity index (χ4v) is 6.66. The van der Waals surface area contributed by atoms with Crippen molar-refractivity contribution in [2.45, 2.75) is 0 Å².